The van der Waals surface area contributed by atoms with Crippen LogP contribution in [0.5, 0.6) is 0 Å². The van der Waals surface area contributed by atoms with Gasteiger partial charge in [-0.15, -0.1) is 0 Å². The Labute approximate surface area is 387 Å². The zero-order valence-corrected chi connectivity index (χ0v) is 48.3. The van der Waals surface area contributed by atoms with E-state index >= 15 is 0 Å². The number of quaternary nitrogens is 1. The molecule has 29 nitrogen and oxygen atoms in total. The van der Waals surface area contributed by atoms with Crippen LogP contribution < -0.4 is 52.6 Å². The van der Waals surface area contributed by atoms with Crippen molar-refractivity contribution in [2.45, 2.75) is 142 Å². The molecule has 0 aromatic heterocycles. The van der Waals surface area contributed by atoms with Gasteiger partial charge in [0.05, 0.1) is 27.2 Å². The fourth-order valence-electron chi connectivity index (χ4n) is 4.17. The third-order valence-corrected chi connectivity index (χ3v) is 6.23. The molecule has 0 unspecified atom stereocenters. The van der Waals surface area contributed by atoms with E-state index in [0.717, 1.165) is 0 Å². The number of rotatable bonds is 22. The molecule has 0 aliphatic carbocycles. The normalized spacial score (nSPS) is 11.8. The van der Waals surface area contributed by atoms with Gasteiger partial charge in [0, 0.05) is 0 Å². The van der Waals surface area contributed by atoms with Crippen LogP contribution in [0.25, 0.3) is 0 Å². The fourth-order valence-corrected chi connectivity index (χ4v) is 4.17. The van der Waals surface area contributed by atoms with Crippen molar-refractivity contribution >= 4 is 0 Å². The predicted molar refractivity (Wildman–Crippen MR) is 135 cm³/mol. The Hall–Kier alpha value is 1.42. The van der Waals surface area contributed by atoms with Crippen molar-refractivity contribution in [3.63, 3.8) is 0 Å². The number of unbranched alkanes of at least 4 members (excludes halogenated alkanes) is 18. The molecule has 0 fully saturated rings. The third-order valence-electron chi connectivity index (χ3n) is 6.23. The van der Waals surface area contributed by atoms with E-state index in [-0.39, 0.29) is 0 Å². The molecular weight excluding hydrogens is 1450 g/mol. The zero-order valence-electron chi connectivity index (χ0n) is 34.3. The summed E-state index contributed by atoms with van der Waals surface area (Å²) in [4.78, 5) is 0. The van der Waals surface area contributed by atoms with Gasteiger partial charge < -0.3 is 4.48 Å². The summed E-state index contributed by atoms with van der Waals surface area (Å²) >= 11 is -42.1. The van der Waals surface area contributed by atoms with E-state index in [2.05, 4.69) is 27.9 Å². The SMILES string of the molecule is CCCCCCCCCCCC[N+](C)(C)CCCCCCCCCCCC.[O]=[Mo](=[O])([O-])[O-].[O]=[Mo](=[O])([O-])[O-].[O]=[Mo](=[O])([O-])[O-].[O]=[Mo](=[O])([O-])[O-].[O]=[Mo](=[O])([O-])[O-].[O]=[Mo](=[O])([O-])[O-].[O]=[Mo](=[O])([O-])[O-]. The average Bonchev–Trinajstić information content (AvgIpc) is 2.93. The molecule has 0 spiro atoms. The maximum absolute atomic E-state index is 8.63. The van der Waals surface area contributed by atoms with Crippen LogP contribution in [0, 0.1) is 0 Å². The molecule has 0 aromatic carbocycles. The molecule has 0 rings (SSSR count). The zero-order chi connectivity index (χ0) is 51.6. The summed E-state index contributed by atoms with van der Waals surface area (Å²) in [6, 6.07) is 0. The summed E-state index contributed by atoms with van der Waals surface area (Å²) in [7, 11) is 4.89. The Kier molecular flexibility index (Phi) is 59.9. The van der Waals surface area contributed by atoms with Crippen molar-refractivity contribution in [2.24, 2.45) is 0 Å². The first-order valence-electron chi connectivity index (χ1n) is 17.6. The summed E-state index contributed by atoms with van der Waals surface area (Å²) < 4.78 is 243. The van der Waals surface area contributed by atoms with Crippen LogP contribution in [0.2, 0.25) is 0 Å². The van der Waals surface area contributed by atoms with Crippen molar-refractivity contribution < 1.29 is 222 Å². The first kappa shape index (κ1) is 80.5. The van der Waals surface area contributed by atoms with Gasteiger partial charge in [-0.3, -0.25) is 0 Å². The Morgan fingerprint density at radius 1 is 0.242 bits per heavy atom. The Morgan fingerprint density at radius 2 is 0.339 bits per heavy atom. The first-order chi connectivity index (χ1) is 27.1. The van der Waals surface area contributed by atoms with Crippen molar-refractivity contribution in [3.05, 3.63) is 0 Å². The number of hydrogen-bond donors (Lipinski definition) is 0. The monoisotopic (exact) mass is 1520 g/mol. The summed E-state index contributed by atoms with van der Waals surface area (Å²) in [5.41, 5.74) is 0. The second-order valence-corrected chi connectivity index (χ2v) is 26.7. The molecule has 0 N–H and O–H groups in total. The van der Waals surface area contributed by atoms with Crippen LogP contribution >= 0.6 is 0 Å². The van der Waals surface area contributed by atoms with Gasteiger partial charge in [0.15, 0.2) is 0 Å². The molecule has 0 saturated carbocycles. The topological polar surface area (TPSA) is 562 Å². The Morgan fingerprint density at radius 3 is 0.452 bits per heavy atom. The van der Waals surface area contributed by atoms with E-state index in [4.69, 9.17) is 100 Å². The predicted octanol–water partition coefficient (Wildman–Crippen LogP) is -9.42. The van der Waals surface area contributed by atoms with E-state index in [1.165, 1.54) is 146 Å². The van der Waals surface area contributed by atoms with Crippen molar-refractivity contribution in [1.82, 2.24) is 0 Å². The number of hydrogen-bond acceptors (Lipinski definition) is 28. The van der Waals surface area contributed by atoms with Crippen LogP contribution in [0.15, 0.2) is 0 Å². The van der Waals surface area contributed by atoms with E-state index in [0.29, 0.717) is 0 Å². The summed E-state index contributed by atoms with van der Waals surface area (Å²) in [5.74, 6) is 0. The van der Waals surface area contributed by atoms with Gasteiger partial charge in [0.1, 0.15) is 0 Å². The first-order valence-corrected chi connectivity index (χ1v) is 40.5. The quantitative estimate of drug-likeness (QED) is 0.0552. The summed E-state index contributed by atoms with van der Waals surface area (Å²) in [6.07, 6.45) is 29.0. The van der Waals surface area contributed by atoms with Gasteiger partial charge in [-0.2, -0.15) is 0 Å². The molecule has 0 atom stereocenters. The molecular formula is C26H56Mo7NO28-13. The minimum absolute atomic E-state index is 1.24. The van der Waals surface area contributed by atoms with Gasteiger partial charge in [0.25, 0.3) is 0 Å². The molecule has 0 heterocycles. The van der Waals surface area contributed by atoms with Crippen molar-refractivity contribution in [3.8, 4) is 0 Å². The van der Waals surface area contributed by atoms with Crippen LogP contribution in [0.3, 0.4) is 0 Å². The van der Waals surface area contributed by atoms with Gasteiger partial charge >= 0.3 is 217 Å². The van der Waals surface area contributed by atoms with Gasteiger partial charge in [-0.05, 0) is 25.7 Å². The van der Waals surface area contributed by atoms with E-state index < -0.39 is 117 Å². The van der Waals surface area contributed by atoms with Crippen LogP contribution in [-0.2, 0) is 165 Å². The standard InChI is InChI=1S/C26H56N.7Mo.28O/c1-5-7-9-11-13-15-17-19-21-23-25-27(3,4)26-24-22-20-18-16-14-12-10-8-6-2;;;;;;;;;;;;;;;;;;;;;;;;;;;;;;;;;;;/h5-26H2,1-4H3;;;;;;;;;;;;;;;;;;;;;;;;;;;;;;;;;;;/q+1;;;;;;;;;;;;;;;;;;;;;;14*-1. The number of nitrogens with zero attached hydrogens (tertiary/aromatic N) is 1. The van der Waals surface area contributed by atoms with Gasteiger partial charge in [-0.25, -0.2) is 0 Å². The minimum atomic E-state index is -6.02. The second-order valence-electron chi connectivity index (χ2n) is 12.6. The molecule has 62 heavy (non-hydrogen) atoms. The second kappa shape index (κ2) is 46.2. The van der Waals surface area contributed by atoms with Gasteiger partial charge in [-0.1, -0.05) is 117 Å². The van der Waals surface area contributed by atoms with Crippen LogP contribution in [-0.4, -0.2) is 31.7 Å². The molecule has 0 radical (unpaired) electrons. The fraction of sp³-hybridized carbons (Fsp3) is 1.00. The summed E-state index contributed by atoms with van der Waals surface area (Å²) in [5, 5.41) is 0. The average molecular weight is 1500 g/mol. The van der Waals surface area contributed by atoms with Crippen molar-refractivity contribution in [1.29, 1.82) is 0 Å². The molecule has 36 heteroatoms. The Balaban J connectivity index is -0.000000111. The van der Waals surface area contributed by atoms with E-state index in [1.54, 1.807) is 0 Å². The van der Waals surface area contributed by atoms with Crippen LogP contribution in [0.4, 0.5) is 0 Å². The molecule has 0 bridgehead atoms. The molecule has 0 aromatic rings. The van der Waals surface area contributed by atoms with Gasteiger partial charge in [0.2, 0.25) is 0 Å². The Bertz CT molecular complexity index is 1410. The van der Waals surface area contributed by atoms with Crippen LogP contribution in [0.1, 0.15) is 142 Å². The molecule has 0 saturated heterocycles. The summed E-state index contributed by atoms with van der Waals surface area (Å²) in [6.45, 7) is 7.37. The van der Waals surface area contributed by atoms with E-state index in [1.807, 2.05) is 0 Å². The molecule has 388 valence electrons. The molecule has 0 aliphatic rings. The molecule has 0 aliphatic heterocycles. The molecule has 0 amide bonds. The maximum atomic E-state index is 8.63. The third kappa shape index (κ3) is 298. The van der Waals surface area contributed by atoms with E-state index in [9.17, 15) is 0 Å². The van der Waals surface area contributed by atoms with Crippen molar-refractivity contribution in [2.75, 3.05) is 27.2 Å².